The van der Waals surface area contributed by atoms with Gasteiger partial charge in [-0.15, -0.1) is 0 Å². The summed E-state index contributed by atoms with van der Waals surface area (Å²) in [5, 5.41) is 0. The maximum Gasteiger partial charge on any atom is 0.308 e. The van der Waals surface area contributed by atoms with Gasteiger partial charge < -0.3 is 28.4 Å². The Morgan fingerprint density at radius 2 is 0.865 bits per heavy atom. The van der Waals surface area contributed by atoms with Gasteiger partial charge in [0.1, 0.15) is 34.5 Å². The molecule has 0 N–H and O–H groups in total. The van der Waals surface area contributed by atoms with Crippen LogP contribution in [0.3, 0.4) is 0 Å². The van der Waals surface area contributed by atoms with Crippen molar-refractivity contribution in [3.05, 3.63) is 107 Å². The van der Waals surface area contributed by atoms with Gasteiger partial charge in [0.05, 0.1) is 0 Å². The van der Waals surface area contributed by atoms with E-state index in [0.29, 0.717) is 44.9 Å². The highest BCUT2D eigenvalue weighted by Gasteiger charge is 2.42. The molecule has 5 rings (SSSR count). The summed E-state index contributed by atoms with van der Waals surface area (Å²) in [6, 6.07) is 21.3. The Hall–Kier alpha value is -6.56. The number of hydrogen-bond acceptors (Lipinski definition) is 12. The summed E-state index contributed by atoms with van der Waals surface area (Å²) in [4.78, 5) is 72.2. The van der Waals surface area contributed by atoms with Gasteiger partial charge in [-0.05, 0) is 70.3 Å². The van der Waals surface area contributed by atoms with Crippen molar-refractivity contribution in [3.8, 4) is 34.5 Å². The zero-order valence-corrected chi connectivity index (χ0v) is 29.1. The number of esters is 6. The summed E-state index contributed by atoms with van der Waals surface area (Å²) in [5.74, 6) is -3.68. The number of allylic oxidation sites excluding steroid dienone is 1. The lowest BCUT2D eigenvalue weighted by molar-refractivity contribution is -0.133. The van der Waals surface area contributed by atoms with Crippen molar-refractivity contribution >= 4 is 47.5 Å². The van der Waals surface area contributed by atoms with E-state index in [1.807, 2.05) is 6.08 Å². The van der Waals surface area contributed by atoms with E-state index in [4.69, 9.17) is 28.4 Å². The van der Waals surface area contributed by atoms with Crippen molar-refractivity contribution in [1.29, 1.82) is 0 Å². The molecule has 0 heterocycles. The van der Waals surface area contributed by atoms with Gasteiger partial charge in [-0.3, -0.25) is 28.8 Å². The standard InChI is InChI=1S/C40H34O12/c1-21(41)47-30-11-7-27(8-12-30)15-35-36-19-34(51-25(5)45)20-37(52-26(6)46)40(36)39(28-9-13-31(14-10-28)48-22(2)42)38(35)29-16-32(49-23(3)43)18-33(17-29)50-24(4)44/h7-20,38-39H,1-6H3/b35-15-/t38?,39-/m1/s1. The van der Waals surface area contributed by atoms with Crippen molar-refractivity contribution in [1.82, 2.24) is 0 Å². The highest BCUT2D eigenvalue weighted by Crippen LogP contribution is 2.59. The summed E-state index contributed by atoms with van der Waals surface area (Å²) >= 11 is 0. The molecule has 0 bridgehead atoms. The van der Waals surface area contributed by atoms with E-state index in [0.717, 1.165) is 0 Å². The third-order valence-electron chi connectivity index (χ3n) is 7.67. The van der Waals surface area contributed by atoms with E-state index in [9.17, 15) is 28.8 Å². The van der Waals surface area contributed by atoms with E-state index in [-0.39, 0.29) is 23.0 Å². The molecule has 0 fully saturated rings. The summed E-state index contributed by atoms with van der Waals surface area (Å²) in [6.45, 7) is 7.55. The highest BCUT2D eigenvalue weighted by atomic mass is 16.6. The third kappa shape index (κ3) is 8.96. The van der Waals surface area contributed by atoms with Gasteiger partial charge in [0.15, 0.2) is 0 Å². The molecule has 0 amide bonds. The van der Waals surface area contributed by atoms with Gasteiger partial charge in [-0.2, -0.15) is 0 Å². The van der Waals surface area contributed by atoms with Crippen LogP contribution in [0.15, 0.2) is 78.9 Å². The van der Waals surface area contributed by atoms with Crippen molar-refractivity contribution in [2.45, 2.75) is 53.4 Å². The fraction of sp³-hybridized carbons (Fsp3) is 0.200. The largest absolute Gasteiger partial charge is 0.427 e. The third-order valence-corrected chi connectivity index (χ3v) is 7.67. The lowest BCUT2D eigenvalue weighted by Crippen LogP contribution is -2.12. The number of ether oxygens (including phenoxy) is 6. The molecule has 1 aliphatic carbocycles. The molecular weight excluding hydrogens is 672 g/mol. The van der Waals surface area contributed by atoms with E-state index < -0.39 is 47.7 Å². The summed E-state index contributed by atoms with van der Waals surface area (Å²) in [7, 11) is 0. The maximum atomic E-state index is 12.5. The molecule has 12 nitrogen and oxygen atoms in total. The minimum atomic E-state index is -0.672. The summed E-state index contributed by atoms with van der Waals surface area (Å²) in [6.07, 6.45) is 1.87. The molecule has 12 heteroatoms. The van der Waals surface area contributed by atoms with Crippen LogP contribution >= 0.6 is 0 Å². The topological polar surface area (TPSA) is 158 Å². The molecule has 0 spiro atoms. The Balaban J connectivity index is 1.86. The monoisotopic (exact) mass is 706 g/mol. The molecule has 4 aromatic rings. The zero-order valence-electron chi connectivity index (χ0n) is 29.1. The Bertz CT molecular complexity index is 2080. The second-order valence-electron chi connectivity index (χ2n) is 11.9. The maximum absolute atomic E-state index is 12.5. The van der Waals surface area contributed by atoms with Crippen molar-refractivity contribution < 1.29 is 57.2 Å². The molecule has 2 atom stereocenters. The molecule has 0 saturated carbocycles. The van der Waals surface area contributed by atoms with Gasteiger partial charge in [0.2, 0.25) is 0 Å². The zero-order chi connectivity index (χ0) is 37.7. The number of carbonyl (C=O) groups is 6. The Labute approximate surface area is 298 Å². The molecule has 0 aliphatic heterocycles. The Morgan fingerprint density at radius 3 is 1.33 bits per heavy atom. The van der Waals surface area contributed by atoms with Crippen LogP contribution in [0.4, 0.5) is 0 Å². The first-order chi connectivity index (χ1) is 24.7. The van der Waals surface area contributed by atoms with Crippen molar-refractivity contribution in [2.24, 2.45) is 0 Å². The van der Waals surface area contributed by atoms with Crippen LogP contribution in [0.1, 0.15) is 81.2 Å². The van der Waals surface area contributed by atoms with Crippen LogP contribution in [-0.2, 0) is 28.8 Å². The molecule has 0 aromatic heterocycles. The molecule has 0 saturated heterocycles. The first-order valence-corrected chi connectivity index (χ1v) is 16.0. The molecule has 4 aromatic carbocycles. The van der Waals surface area contributed by atoms with Crippen molar-refractivity contribution in [2.75, 3.05) is 0 Å². The second kappa shape index (κ2) is 15.5. The van der Waals surface area contributed by atoms with Crippen LogP contribution in [0, 0.1) is 0 Å². The predicted molar refractivity (Wildman–Crippen MR) is 186 cm³/mol. The highest BCUT2D eigenvalue weighted by molar-refractivity contribution is 5.94. The van der Waals surface area contributed by atoms with Crippen LogP contribution in [0.2, 0.25) is 0 Å². The molecule has 266 valence electrons. The van der Waals surface area contributed by atoms with Gasteiger partial charge in [-0.25, -0.2) is 0 Å². The second-order valence-corrected chi connectivity index (χ2v) is 11.9. The van der Waals surface area contributed by atoms with Crippen LogP contribution in [0.5, 0.6) is 34.5 Å². The van der Waals surface area contributed by atoms with Gasteiger partial charge in [-0.1, -0.05) is 30.3 Å². The average Bonchev–Trinajstić information content (AvgIpc) is 3.34. The van der Waals surface area contributed by atoms with Crippen LogP contribution < -0.4 is 28.4 Å². The number of rotatable bonds is 9. The van der Waals surface area contributed by atoms with Crippen molar-refractivity contribution in [3.63, 3.8) is 0 Å². The molecular formula is C40H34O12. The first-order valence-electron chi connectivity index (χ1n) is 16.0. The fourth-order valence-electron chi connectivity index (χ4n) is 6.15. The minimum Gasteiger partial charge on any atom is -0.427 e. The number of benzene rings is 4. The quantitative estimate of drug-likeness (QED) is 0.134. The normalized spacial score (nSPS) is 15.2. The molecule has 0 radical (unpaired) electrons. The van der Waals surface area contributed by atoms with E-state index in [1.165, 1.54) is 53.7 Å². The summed E-state index contributed by atoms with van der Waals surface area (Å²) in [5.41, 5.74) is 3.63. The van der Waals surface area contributed by atoms with Crippen LogP contribution in [-0.4, -0.2) is 35.8 Å². The van der Waals surface area contributed by atoms with Gasteiger partial charge in [0.25, 0.3) is 0 Å². The predicted octanol–water partition coefficient (Wildman–Crippen LogP) is 6.71. The molecule has 1 aliphatic rings. The number of carbonyl (C=O) groups excluding carboxylic acids is 6. The van der Waals surface area contributed by atoms with Crippen LogP contribution in [0.25, 0.3) is 11.6 Å². The Kier molecular flexibility index (Phi) is 11.0. The average molecular weight is 707 g/mol. The number of fused-ring (bicyclic) bond motifs is 1. The first kappa shape index (κ1) is 36.7. The lowest BCUT2D eigenvalue weighted by atomic mass is 9.79. The fourth-order valence-corrected chi connectivity index (χ4v) is 6.15. The van der Waals surface area contributed by atoms with Gasteiger partial charge >= 0.3 is 35.8 Å². The van der Waals surface area contributed by atoms with Gasteiger partial charge in [0, 0.05) is 71.1 Å². The van der Waals surface area contributed by atoms with E-state index >= 15 is 0 Å². The van der Waals surface area contributed by atoms with E-state index in [2.05, 4.69) is 0 Å². The summed E-state index contributed by atoms with van der Waals surface area (Å²) < 4.78 is 32.7. The molecule has 52 heavy (non-hydrogen) atoms. The smallest absolute Gasteiger partial charge is 0.308 e. The Morgan fingerprint density at radius 1 is 0.442 bits per heavy atom. The lowest BCUT2D eigenvalue weighted by Gasteiger charge is -2.25. The van der Waals surface area contributed by atoms with E-state index in [1.54, 1.807) is 66.7 Å². The number of hydrogen-bond donors (Lipinski definition) is 0. The SMILES string of the molecule is CC(=O)Oc1ccc(/C=C2/c3cc(OC(C)=O)cc(OC(C)=O)c3[C@H](c3ccc(OC(C)=O)cc3)C2c2cc(OC(C)=O)cc(OC(C)=O)c2)cc1. The minimum absolute atomic E-state index is 0.104. The molecule has 1 unspecified atom stereocenters.